The Morgan fingerprint density at radius 2 is 2.06 bits per heavy atom. The average Bonchev–Trinajstić information content (AvgIpc) is 2.76. The van der Waals surface area contributed by atoms with E-state index >= 15 is 0 Å². The van der Waals surface area contributed by atoms with E-state index in [0.29, 0.717) is 23.0 Å². The normalized spacial score (nSPS) is 9.44. The molecule has 0 amide bonds. The third-order valence-electron chi connectivity index (χ3n) is 2.04. The number of hydrogen-bond acceptors (Lipinski definition) is 4. The van der Waals surface area contributed by atoms with Crippen LogP contribution in [0, 0.1) is 29.6 Å². The SMILES string of the molecule is Cc1cc(C#N)nc(-n2cccc2C#N)n1. The van der Waals surface area contributed by atoms with E-state index < -0.39 is 0 Å². The van der Waals surface area contributed by atoms with Crippen LogP contribution >= 0.6 is 0 Å². The lowest BCUT2D eigenvalue weighted by Gasteiger charge is -2.03. The molecule has 0 aliphatic rings. The van der Waals surface area contributed by atoms with Crippen LogP contribution in [0.1, 0.15) is 17.1 Å². The minimum atomic E-state index is 0.292. The first-order valence-corrected chi connectivity index (χ1v) is 4.58. The third-order valence-corrected chi connectivity index (χ3v) is 2.04. The van der Waals surface area contributed by atoms with Gasteiger partial charge in [0, 0.05) is 11.9 Å². The molecule has 0 spiro atoms. The highest BCUT2D eigenvalue weighted by molar-refractivity contribution is 5.33. The molecule has 2 rings (SSSR count). The summed E-state index contributed by atoms with van der Waals surface area (Å²) in [5.41, 5.74) is 1.42. The standard InChI is InChI=1S/C11H7N5/c1-8-5-9(6-12)15-11(14-8)16-4-2-3-10(16)7-13/h2-5H,1H3. The maximum atomic E-state index is 8.87. The molecule has 0 saturated carbocycles. The first-order valence-electron chi connectivity index (χ1n) is 4.58. The Morgan fingerprint density at radius 3 is 2.75 bits per heavy atom. The predicted molar refractivity (Wildman–Crippen MR) is 55.5 cm³/mol. The van der Waals surface area contributed by atoms with Crippen LogP contribution in [0.15, 0.2) is 24.4 Å². The van der Waals surface area contributed by atoms with Gasteiger partial charge in [-0.2, -0.15) is 10.5 Å². The predicted octanol–water partition coefficient (Wildman–Crippen LogP) is 1.32. The van der Waals surface area contributed by atoms with Gasteiger partial charge >= 0.3 is 0 Å². The average molecular weight is 209 g/mol. The highest BCUT2D eigenvalue weighted by Gasteiger charge is 2.07. The third kappa shape index (κ3) is 1.62. The first kappa shape index (κ1) is 9.88. The Morgan fingerprint density at radius 1 is 1.25 bits per heavy atom. The highest BCUT2D eigenvalue weighted by atomic mass is 15.1. The maximum absolute atomic E-state index is 8.87. The molecule has 0 radical (unpaired) electrons. The lowest BCUT2D eigenvalue weighted by molar-refractivity contribution is 0.900. The topological polar surface area (TPSA) is 78.3 Å². The van der Waals surface area contributed by atoms with Crippen molar-refractivity contribution in [3.05, 3.63) is 41.5 Å². The molecule has 5 heteroatoms. The lowest BCUT2D eigenvalue weighted by Crippen LogP contribution is -2.04. The fraction of sp³-hybridized carbons (Fsp3) is 0.0909. The van der Waals surface area contributed by atoms with E-state index in [0.717, 1.165) is 0 Å². The molecule has 0 aliphatic carbocycles. The van der Waals surface area contributed by atoms with Gasteiger partial charge in [-0.1, -0.05) is 0 Å². The number of aryl methyl sites for hydroxylation is 1. The van der Waals surface area contributed by atoms with Gasteiger partial charge in [0.2, 0.25) is 5.95 Å². The summed E-state index contributed by atoms with van der Waals surface area (Å²) >= 11 is 0. The van der Waals surface area contributed by atoms with Gasteiger partial charge in [0.25, 0.3) is 0 Å². The molecule has 0 aliphatic heterocycles. The van der Waals surface area contributed by atoms with Crippen molar-refractivity contribution >= 4 is 0 Å². The molecule has 2 aromatic heterocycles. The number of rotatable bonds is 1. The monoisotopic (exact) mass is 209 g/mol. The maximum Gasteiger partial charge on any atom is 0.236 e. The highest BCUT2D eigenvalue weighted by Crippen LogP contribution is 2.09. The molecule has 0 N–H and O–H groups in total. The molecule has 2 aromatic rings. The molecular weight excluding hydrogens is 202 g/mol. The summed E-state index contributed by atoms with van der Waals surface area (Å²) in [7, 11) is 0. The zero-order valence-corrected chi connectivity index (χ0v) is 8.55. The van der Waals surface area contributed by atoms with E-state index in [-0.39, 0.29) is 0 Å². The Kier molecular flexibility index (Phi) is 2.37. The molecule has 16 heavy (non-hydrogen) atoms. The Bertz CT molecular complexity index is 612. The van der Waals surface area contributed by atoms with E-state index in [1.807, 2.05) is 12.1 Å². The minimum Gasteiger partial charge on any atom is -0.276 e. The van der Waals surface area contributed by atoms with Gasteiger partial charge in [-0.15, -0.1) is 0 Å². The van der Waals surface area contributed by atoms with E-state index in [4.69, 9.17) is 10.5 Å². The second-order valence-electron chi connectivity index (χ2n) is 3.18. The molecule has 0 saturated heterocycles. The first-order chi connectivity index (χ1) is 7.74. The Labute approximate surface area is 92.2 Å². The van der Waals surface area contributed by atoms with Crippen molar-refractivity contribution in [2.24, 2.45) is 0 Å². The number of nitrogens with zero attached hydrogens (tertiary/aromatic N) is 5. The zero-order valence-electron chi connectivity index (χ0n) is 8.55. The summed E-state index contributed by atoms with van der Waals surface area (Å²) in [6.45, 7) is 1.78. The number of hydrogen-bond donors (Lipinski definition) is 0. The number of nitriles is 2. The number of aromatic nitrogens is 3. The summed E-state index contributed by atoms with van der Waals surface area (Å²) in [5.74, 6) is 0.345. The van der Waals surface area contributed by atoms with Crippen molar-refractivity contribution in [3.63, 3.8) is 0 Å². The van der Waals surface area contributed by atoms with Crippen LogP contribution in [-0.2, 0) is 0 Å². The van der Waals surface area contributed by atoms with Crippen LogP contribution in [-0.4, -0.2) is 14.5 Å². The van der Waals surface area contributed by atoms with E-state index in [9.17, 15) is 0 Å². The van der Waals surface area contributed by atoms with Crippen molar-refractivity contribution < 1.29 is 0 Å². The summed E-state index contributed by atoms with van der Waals surface area (Å²) in [4.78, 5) is 8.23. The van der Waals surface area contributed by atoms with Crippen LogP contribution in [0.2, 0.25) is 0 Å². The van der Waals surface area contributed by atoms with Gasteiger partial charge in [-0.3, -0.25) is 4.57 Å². The fourth-order valence-electron chi connectivity index (χ4n) is 1.36. The molecule has 76 valence electrons. The van der Waals surface area contributed by atoms with Crippen LogP contribution < -0.4 is 0 Å². The van der Waals surface area contributed by atoms with Crippen molar-refractivity contribution in [3.8, 4) is 18.1 Å². The Balaban J connectivity index is 2.62. The van der Waals surface area contributed by atoms with Gasteiger partial charge in [0.05, 0.1) is 0 Å². The Hall–Kier alpha value is -2.66. The molecule has 0 fully saturated rings. The van der Waals surface area contributed by atoms with Gasteiger partial charge in [-0.25, -0.2) is 9.97 Å². The molecular formula is C11H7N5. The van der Waals surface area contributed by atoms with Crippen molar-refractivity contribution in [2.45, 2.75) is 6.92 Å². The van der Waals surface area contributed by atoms with Gasteiger partial charge in [0.1, 0.15) is 23.5 Å². The summed E-state index contributed by atoms with van der Waals surface area (Å²) < 4.78 is 1.55. The summed E-state index contributed by atoms with van der Waals surface area (Å²) in [5, 5.41) is 17.7. The minimum absolute atomic E-state index is 0.292. The fourth-order valence-corrected chi connectivity index (χ4v) is 1.36. The van der Waals surface area contributed by atoms with Crippen molar-refractivity contribution in [1.29, 1.82) is 10.5 Å². The van der Waals surface area contributed by atoms with Crippen LogP contribution in [0.5, 0.6) is 0 Å². The van der Waals surface area contributed by atoms with Crippen molar-refractivity contribution in [2.75, 3.05) is 0 Å². The molecule has 2 heterocycles. The van der Waals surface area contributed by atoms with Crippen molar-refractivity contribution in [1.82, 2.24) is 14.5 Å². The second-order valence-corrected chi connectivity index (χ2v) is 3.18. The van der Waals surface area contributed by atoms with Gasteiger partial charge in [-0.05, 0) is 25.1 Å². The molecule has 0 bridgehead atoms. The van der Waals surface area contributed by atoms with Gasteiger partial charge < -0.3 is 0 Å². The van der Waals surface area contributed by atoms with Crippen LogP contribution in [0.4, 0.5) is 0 Å². The van der Waals surface area contributed by atoms with E-state index in [1.54, 1.807) is 35.9 Å². The zero-order chi connectivity index (χ0) is 11.5. The lowest BCUT2D eigenvalue weighted by atomic mass is 10.3. The van der Waals surface area contributed by atoms with E-state index in [2.05, 4.69) is 9.97 Å². The quantitative estimate of drug-likeness (QED) is 0.709. The van der Waals surface area contributed by atoms with E-state index in [1.165, 1.54) is 0 Å². The summed E-state index contributed by atoms with van der Waals surface area (Å²) in [6, 6.07) is 8.98. The molecule has 0 aromatic carbocycles. The molecule has 5 nitrogen and oxygen atoms in total. The second kappa shape index (κ2) is 3.84. The van der Waals surface area contributed by atoms with Crippen LogP contribution in [0.25, 0.3) is 5.95 Å². The molecule has 0 atom stereocenters. The largest absolute Gasteiger partial charge is 0.276 e. The molecule has 0 unspecified atom stereocenters. The van der Waals surface area contributed by atoms with Crippen LogP contribution in [0.3, 0.4) is 0 Å². The van der Waals surface area contributed by atoms with Gasteiger partial charge in [0.15, 0.2) is 0 Å². The smallest absolute Gasteiger partial charge is 0.236 e. The summed E-state index contributed by atoms with van der Waals surface area (Å²) in [6.07, 6.45) is 1.69.